The average Bonchev–Trinajstić information content (AvgIpc) is 2.27. The first-order chi connectivity index (χ1) is 8.33. The molecule has 0 aliphatic rings. The summed E-state index contributed by atoms with van der Waals surface area (Å²) in [5.74, 6) is -0.158. The van der Waals surface area contributed by atoms with Crippen molar-refractivity contribution in [1.82, 2.24) is 0 Å². The molecule has 0 aliphatic heterocycles. The molecule has 0 heterocycles. The SMILES string of the molecule is O=[N+]([O-])c1cc(CBr)ccc1OCCC(F)(F)F. The third-order valence-electron chi connectivity index (χ3n) is 2.02. The second kappa shape index (κ2) is 6.03. The van der Waals surface area contributed by atoms with Crippen molar-refractivity contribution in [2.45, 2.75) is 17.9 Å². The van der Waals surface area contributed by atoms with Crippen LogP contribution in [0.3, 0.4) is 0 Å². The van der Waals surface area contributed by atoms with Gasteiger partial charge in [-0.15, -0.1) is 0 Å². The molecule has 0 saturated carbocycles. The lowest BCUT2D eigenvalue weighted by Gasteiger charge is -2.09. The fraction of sp³-hybridized carbons (Fsp3) is 0.400. The predicted octanol–water partition coefficient (Wildman–Crippen LogP) is 3.82. The highest BCUT2D eigenvalue weighted by atomic mass is 79.9. The first-order valence-corrected chi connectivity index (χ1v) is 5.98. The Bertz CT molecular complexity index is 437. The monoisotopic (exact) mass is 327 g/mol. The van der Waals surface area contributed by atoms with Crippen molar-refractivity contribution in [3.63, 3.8) is 0 Å². The Morgan fingerprint density at radius 2 is 2.06 bits per heavy atom. The smallest absolute Gasteiger partial charge is 0.392 e. The van der Waals surface area contributed by atoms with Crippen LogP contribution in [0.5, 0.6) is 5.75 Å². The van der Waals surface area contributed by atoms with Crippen LogP contribution >= 0.6 is 15.9 Å². The molecule has 0 fully saturated rings. The molecule has 0 saturated heterocycles. The van der Waals surface area contributed by atoms with E-state index in [1.54, 1.807) is 6.07 Å². The summed E-state index contributed by atoms with van der Waals surface area (Å²) in [6.07, 6.45) is -5.49. The topological polar surface area (TPSA) is 52.4 Å². The van der Waals surface area contributed by atoms with Crippen LogP contribution < -0.4 is 4.74 Å². The van der Waals surface area contributed by atoms with E-state index in [0.717, 1.165) is 0 Å². The molecule has 4 nitrogen and oxygen atoms in total. The molecule has 0 bridgehead atoms. The van der Waals surface area contributed by atoms with Gasteiger partial charge in [0.05, 0.1) is 18.0 Å². The van der Waals surface area contributed by atoms with Gasteiger partial charge in [-0.25, -0.2) is 0 Å². The highest BCUT2D eigenvalue weighted by molar-refractivity contribution is 9.08. The average molecular weight is 328 g/mol. The third kappa shape index (κ3) is 4.52. The molecule has 1 rings (SSSR count). The zero-order chi connectivity index (χ0) is 13.8. The van der Waals surface area contributed by atoms with Gasteiger partial charge in [0.1, 0.15) is 0 Å². The van der Waals surface area contributed by atoms with Gasteiger partial charge >= 0.3 is 11.9 Å². The molecular formula is C10H9BrF3NO3. The fourth-order valence-electron chi connectivity index (χ4n) is 1.19. The molecule has 100 valence electrons. The van der Waals surface area contributed by atoms with Crippen LogP contribution in [-0.4, -0.2) is 17.7 Å². The number of hydrogen-bond donors (Lipinski definition) is 0. The van der Waals surface area contributed by atoms with Crippen LogP contribution in [0.2, 0.25) is 0 Å². The zero-order valence-electron chi connectivity index (χ0n) is 9.04. The van der Waals surface area contributed by atoms with E-state index >= 15 is 0 Å². The quantitative estimate of drug-likeness (QED) is 0.469. The molecule has 18 heavy (non-hydrogen) atoms. The molecule has 0 unspecified atom stereocenters. The van der Waals surface area contributed by atoms with Crippen molar-refractivity contribution >= 4 is 21.6 Å². The van der Waals surface area contributed by atoms with Crippen LogP contribution in [-0.2, 0) is 5.33 Å². The van der Waals surface area contributed by atoms with Gasteiger partial charge < -0.3 is 4.74 Å². The Balaban J connectivity index is 2.79. The summed E-state index contributed by atoms with van der Waals surface area (Å²) in [5, 5.41) is 11.2. The van der Waals surface area contributed by atoms with Crippen molar-refractivity contribution in [3.8, 4) is 5.75 Å². The second-order valence-electron chi connectivity index (χ2n) is 3.41. The maximum absolute atomic E-state index is 11.9. The summed E-state index contributed by atoms with van der Waals surface area (Å²) in [7, 11) is 0. The highest BCUT2D eigenvalue weighted by Crippen LogP contribution is 2.29. The first-order valence-electron chi connectivity index (χ1n) is 4.86. The van der Waals surface area contributed by atoms with Gasteiger partial charge in [0, 0.05) is 11.4 Å². The van der Waals surface area contributed by atoms with Gasteiger partial charge in [-0.1, -0.05) is 22.0 Å². The van der Waals surface area contributed by atoms with E-state index in [-0.39, 0.29) is 11.4 Å². The highest BCUT2D eigenvalue weighted by Gasteiger charge is 2.27. The van der Waals surface area contributed by atoms with Crippen molar-refractivity contribution in [2.75, 3.05) is 6.61 Å². The van der Waals surface area contributed by atoms with Crippen LogP contribution in [0.4, 0.5) is 18.9 Å². The summed E-state index contributed by atoms with van der Waals surface area (Å²) in [4.78, 5) is 10.1. The number of hydrogen-bond acceptors (Lipinski definition) is 3. The molecule has 0 aromatic heterocycles. The fourth-order valence-corrected chi connectivity index (χ4v) is 1.54. The number of alkyl halides is 4. The Morgan fingerprint density at radius 3 is 2.56 bits per heavy atom. The third-order valence-corrected chi connectivity index (χ3v) is 2.66. The van der Waals surface area contributed by atoms with Crippen molar-refractivity contribution in [1.29, 1.82) is 0 Å². The summed E-state index contributed by atoms with van der Waals surface area (Å²) in [6, 6.07) is 4.10. The number of rotatable bonds is 5. The first kappa shape index (κ1) is 14.7. The Labute approximate surface area is 109 Å². The number of ether oxygens (including phenoxy) is 1. The lowest BCUT2D eigenvalue weighted by molar-refractivity contribution is -0.386. The Hall–Kier alpha value is -1.31. The summed E-state index contributed by atoms with van der Waals surface area (Å²) >= 11 is 3.13. The van der Waals surface area contributed by atoms with E-state index in [2.05, 4.69) is 15.9 Å². The molecule has 8 heteroatoms. The standard InChI is InChI=1S/C10H9BrF3NO3/c11-6-7-1-2-9(8(5-7)15(16)17)18-4-3-10(12,13)14/h1-2,5H,3-4,6H2. The van der Waals surface area contributed by atoms with Gasteiger partial charge in [0.25, 0.3) is 0 Å². The molecule has 0 N–H and O–H groups in total. The van der Waals surface area contributed by atoms with Crippen LogP contribution in [0.1, 0.15) is 12.0 Å². The maximum atomic E-state index is 11.9. The summed E-state index contributed by atoms with van der Waals surface area (Å²) in [6.45, 7) is -0.641. The normalized spacial score (nSPS) is 11.3. The van der Waals surface area contributed by atoms with Crippen LogP contribution in [0.15, 0.2) is 18.2 Å². The molecule has 0 aliphatic carbocycles. The van der Waals surface area contributed by atoms with Gasteiger partial charge in [-0.2, -0.15) is 13.2 Å². The van der Waals surface area contributed by atoms with Crippen molar-refractivity contribution in [3.05, 3.63) is 33.9 Å². The predicted molar refractivity (Wildman–Crippen MR) is 61.9 cm³/mol. The largest absolute Gasteiger partial charge is 0.486 e. The van der Waals surface area contributed by atoms with E-state index in [9.17, 15) is 23.3 Å². The van der Waals surface area contributed by atoms with E-state index in [4.69, 9.17) is 4.74 Å². The number of nitro benzene ring substituents is 1. The summed E-state index contributed by atoms with van der Waals surface area (Å²) in [5.41, 5.74) is 0.305. The molecular weight excluding hydrogens is 319 g/mol. The Morgan fingerprint density at radius 1 is 1.39 bits per heavy atom. The van der Waals surface area contributed by atoms with Gasteiger partial charge in [-0.05, 0) is 11.6 Å². The molecule has 0 atom stereocenters. The number of benzene rings is 1. The number of nitro groups is 1. The molecule has 0 radical (unpaired) electrons. The lowest BCUT2D eigenvalue weighted by Crippen LogP contribution is -2.13. The Kier molecular flexibility index (Phi) is 4.94. The van der Waals surface area contributed by atoms with E-state index in [1.165, 1.54) is 12.1 Å². The molecule has 0 spiro atoms. The van der Waals surface area contributed by atoms with Gasteiger partial charge in [0.15, 0.2) is 5.75 Å². The minimum atomic E-state index is -4.34. The van der Waals surface area contributed by atoms with Crippen molar-refractivity contribution < 1.29 is 22.8 Å². The number of halogens is 4. The molecule has 1 aromatic rings. The molecule has 0 amide bonds. The van der Waals surface area contributed by atoms with Gasteiger partial charge in [-0.3, -0.25) is 10.1 Å². The minimum Gasteiger partial charge on any atom is -0.486 e. The summed E-state index contributed by atoms with van der Waals surface area (Å²) < 4.78 is 40.5. The maximum Gasteiger partial charge on any atom is 0.392 e. The van der Waals surface area contributed by atoms with Crippen molar-refractivity contribution in [2.24, 2.45) is 0 Å². The number of nitrogens with zero attached hydrogens (tertiary/aromatic N) is 1. The van der Waals surface area contributed by atoms with E-state index in [0.29, 0.717) is 10.9 Å². The van der Waals surface area contributed by atoms with Gasteiger partial charge in [0.2, 0.25) is 0 Å². The van der Waals surface area contributed by atoms with E-state index < -0.39 is 24.1 Å². The van der Waals surface area contributed by atoms with Crippen LogP contribution in [0.25, 0.3) is 0 Å². The van der Waals surface area contributed by atoms with E-state index in [1.807, 2.05) is 0 Å². The second-order valence-corrected chi connectivity index (χ2v) is 3.97. The zero-order valence-corrected chi connectivity index (χ0v) is 10.6. The lowest BCUT2D eigenvalue weighted by atomic mass is 10.2. The van der Waals surface area contributed by atoms with Crippen LogP contribution in [0, 0.1) is 10.1 Å². The molecule has 1 aromatic carbocycles. The minimum absolute atomic E-state index is 0.158.